The molecule has 1 fully saturated rings. The fourth-order valence-corrected chi connectivity index (χ4v) is 4.10. The van der Waals surface area contributed by atoms with Crippen molar-refractivity contribution < 1.29 is 22.9 Å². The Balaban J connectivity index is 1.47. The van der Waals surface area contributed by atoms with Gasteiger partial charge in [-0.1, -0.05) is 18.2 Å². The van der Waals surface area contributed by atoms with Gasteiger partial charge in [0, 0.05) is 43.5 Å². The molecule has 168 valence electrons. The van der Waals surface area contributed by atoms with Gasteiger partial charge in [0.2, 0.25) is 5.91 Å². The first-order valence-corrected chi connectivity index (χ1v) is 10.1. The molecule has 1 aliphatic rings. The molecule has 32 heavy (non-hydrogen) atoms. The number of rotatable bonds is 4. The Hall–Kier alpha value is -3.56. The molecule has 0 radical (unpaired) electrons. The highest BCUT2D eigenvalue weighted by Gasteiger charge is 2.34. The van der Waals surface area contributed by atoms with Crippen LogP contribution in [0.25, 0.3) is 10.9 Å². The van der Waals surface area contributed by atoms with Crippen LogP contribution in [0, 0.1) is 17.0 Å². The van der Waals surface area contributed by atoms with Gasteiger partial charge in [0.05, 0.1) is 10.5 Å². The molecule has 4 rings (SSSR count). The largest absolute Gasteiger partial charge is 0.416 e. The average Bonchev–Trinajstić information content (AvgIpc) is 3.07. The summed E-state index contributed by atoms with van der Waals surface area (Å²) in [7, 11) is 0. The van der Waals surface area contributed by atoms with Crippen LogP contribution in [-0.4, -0.2) is 46.5 Å². The first-order valence-electron chi connectivity index (χ1n) is 10.1. The molecule has 0 N–H and O–H groups in total. The molecule has 1 aliphatic heterocycles. The van der Waals surface area contributed by atoms with Gasteiger partial charge in [-0.25, -0.2) is 0 Å². The van der Waals surface area contributed by atoms with E-state index in [1.807, 2.05) is 41.8 Å². The van der Waals surface area contributed by atoms with Gasteiger partial charge in [-0.3, -0.25) is 14.9 Å². The van der Waals surface area contributed by atoms with E-state index >= 15 is 0 Å². The van der Waals surface area contributed by atoms with Crippen LogP contribution in [0.2, 0.25) is 0 Å². The Morgan fingerprint density at radius 3 is 2.41 bits per heavy atom. The Labute approximate surface area is 181 Å². The fraction of sp³-hybridized carbons (Fsp3) is 0.318. The van der Waals surface area contributed by atoms with E-state index in [1.165, 1.54) is 0 Å². The molecule has 10 heteroatoms. The van der Waals surface area contributed by atoms with Crippen molar-refractivity contribution in [1.82, 2.24) is 9.47 Å². The molecule has 0 atom stereocenters. The van der Waals surface area contributed by atoms with Gasteiger partial charge in [0.1, 0.15) is 12.2 Å². The summed E-state index contributed by atoms with van der Waals surface area (Å²) in [6.07, 6.45) is -4.66. The summed E-state index contributed by atoms with van der Waals surface area (Å²) >= 11 is 0. The number of para-hydroxylation sites is 1. The van der Waals surface area contributed by atoms with Crippen LogP contribution < -0.4 is 4.90 Å². The minimum Gasteiger partial charge on any atom is -0.362 e. The molecule has 2 aromatic carbocycles. The predicted molar refractivity (Wildman–Crippen MR) is 114 cm³/mol. The molecule has 0 spiro atoms. The number of aromatic nitrogens is 1. The van der Waals surface area contributed by atoms with Crippen molar-refractivity contribution in [1.29, 1.82) is 0 Å². The fourth-order valence-electron chi connectivity index (χ4n) is 4.10. The van der Waals surface area contributed by atoms with Gasteiger partial charge in [-0.15, -0.1) is 0 Å². The molecule has 1 saturated heterocycles. The molecule has 7 nitrogen and oxygen atoms in total. The van der Waals surface area contributed by atoms with Gasteiger partial charge in [-0.2, -0.15) is 13.2 Å². The second kappa shape index (κ2) is 8.18. The highest BCUT2D eigenvalue weighted by Crippen LogP contribution is 2.36. The number of amides is 1. The molecule has 0 aliphatic carbocycles. The zero-order chi connectivity index (χ0) is 23.0. The Bertz CT molecular complexity index is 1180. The molecule has 1 amide bonds. The zero-order valence-electron chi connectivity index (χ0n) is 17.3. The van der Waals surface area contributed by atoms with Crippen LogP contribution in [-0.2, 0) is 17.5 Å². The van der Waals surface area contributed by atoms with Gasteiger partial charge in [-0.05, 0) is 36.6 Å². The Kier molecular flexibility index (Phi) is 5.53. The number of nitro groups is 1. The van der Waals surface area contributed by atoms with Crippen molar-refractivity contribution in [3.63, 3.8) is 0 Å². The van der Waals surface area contributed by atoms with E-state index in [1.54, 1.807) is 9.80 Å². The standard InChI is InChI=1S/C22H21F3N4O3/c1-15-12-16-4-2-3-5-18(16)28(15)14-21(30)27-10-8-26(9-11-27)19-7-6-17(22(23,24)25)13-20(19)29(31)32/h2-7,12-13H,8-11,14H2,1H3. The smallest absolute Gasteiger partial charge is 0.362 e. The number of nitro benzene ring substituents is 1. The van der Waals surface area contributed by atoms with Crippen LogP contribution in [0.1, 0.15) is 11.3 Å². The first kappa shape index (κ1) is 21.7. The molecule has 1 aromatic heterocycles. The zero-order valence-corrected chi connectivity index (χ0v) is 17.3. The molecule has 2 heterocycles. The highest BCUT2D eigenvalue weighted by atomic mass is 19.4. The number of nitrogens with zero attached hydrogens (tertiary/aromatic N) is 4. The average molecular weight is 446 g/mol. The number of aryl methyl sites for hydroxylation is 1. The SMILES string of the molecule is Cc1cc2ccccc2n1CC(=O)N1CCN(c2ccc(C(F)(F)F)cc2[N+](=O)[O-])CC1. The first-order chi connectivity index (χ1) is 15.1. The van der Waals surface area contributed by atoms with Gasteiger partial charge < -0.3 is 14.4 Å². The number of piperazine rings is 1. The van der Waals surface area contributed by atoms with E-state index in [9.17, 15) is 28.1 Å². The van der Waals surface area contributed by atoms with Gasteiger partial charge in [0.25, 0.3) is 5.69 Å². The van der Waals surface area contributed by atoms with Crippen molar-refractivity contribution in [2.75, 3.05) is 31.1 Å². The molecular weight excluding hydrogens is 425 g/mol. The maximum absolute atomic E-state index is 12.9. The van der Waals surface area contributed by atoms with Crippen LogP contribution in [0.4, 0.5) is 24.5 Å². The van der Waals surface area contributed by atoms with Crippen LogP contribution >= 0.6 is 0 Å². The summed E-state index contributed by atoms with van der Waals surface area (Å²) < 4.78 is 40.8. The minimum atomic E-state index is -4.66. The van der Waals surface area contributed by atoms with Crippen molar-refractivity contribution in [3.05, 3.63) is 69.9 Å². The summed E-state index contributed by atoms with van der Waals surface area (Å²) in [4.78, 5) is 26.8. The number of anilines is 1. The highest BCUT2D eigenvalue weighted by molar-refractivity contribution is 5.84. The lowest BCUT2D eigenvalue weighted by Gasteiger charge is -2.36. The normalized spacial score (nSPS) is 14.8. The summed E-state index contributed by atoms with van der Waals surface area (Å²) in [5.41, 5.74) is 0.420. The molecule has 0 bridgehead atoms. The Morgan fingerprint density at radius 1 is 1.06 bits per heavy atom. The lowest BCUT2D eigenvalue weighted by atomic mass is 10.1. The topological polar surface area (TPSA) is 71.6 Å². The molecular formula is C22H21F3N4O3. The van der Waals surface area contributed by atoms with Crippen LogP contribution in [0.5, 0.6) is 0 Å². The third kappa shape index (κ3) is 4.12. The number of halogens is 3. The van der Waals surface area contributed by atoms with Crippen molar-refractivity contribution in [2.45, 2.75) is 19.6 Å². The van der Waals surface area contributed by atoms with E-state index in [2.05, 4.69) is 0 Å². The summed E-state index contributed by atoms with van der Waals surface area (Å²) in [5, 5.41) is 12.4. The molecule has 0 saturated carbocycles. The maximum atomic E-state index is 12.9. The maximum Gasteiger partial charge on any atom is 0.416 e. The number of carbonyl (C=O) groups is 1. The number of hydrogen-bond acceptors (Lipinski definition) is 4. The third-order valence-corrected chi connectivity index (χ3v) is 5.78. The van der Waals surface area contributed by atoms with E-state index in [-0.39, 0.29) is 18.1 Å². The lowest BCUT2D eigenvalue weighted by molar-refractivity contribution is -0.384. The van der Waals surface area contributed by atoms with Crippen LogP contribution in [0.3, 0.4) is 0 Å². The van der Waals surface area contributed by atoms with E-state index in [0.717, 1.165) is 28.7 Å². The number of fused-ring (bicyclic) bond motifs is 1. The van der Waals surface area contributed by atoms with E-state index in [0.29, 0.717) is 32.2 Å². The summed E-state index contributed by atoms with van der Waals surface area (Å²) in [6.45, 7) is 3.37. The lowest BCUT2D eigenvalue weighted by Crippen LogP contribution is -2.49. The molecule has 0 unspecified atom stereocenters. The minimum absolute atomic E-state index is 0.0731. The van der Waals surface area contributed by atoms with Gasteiger partial charge in [0.15, 0.2) is 0 Å². The number of alkyl halides is 3. The number of benzene rings is 2. The summed E-state index contributed by atoms with van der Waals surface area (Å²) in [6, 6.07) is 12.4. The third-order valence-electron chi connectivity index (χ3n) is 5.78. The van der Waals surface area contributed by atoms with E-state index < -0.39 is 22.4 Å². The van der Waals surface area contributed by atoms with Crippen molar-refractivity contribution >= 4 is 28.2 Å². The summed E-state index contributed by atoms with van der Waals surface area (Å²) in [5.74, 6) is -0.0731. The second-order valence-electron chi connectivity index (χ2n) is 7.76. The van der Waals surface area contributed by atoms with E-state index in [4.69, 9.17) is 0 Å². The van der Waals surface area contributed by atoms with Crippen LogP contribution in [0.15, 0.2) is 48.5 Å². The second-order valence-corrected chi connectivity index (χ2v) is 7.76. The monoisotopic (exact) mass is 446 g/mol. The Morgan fingerprint density at radius 2 is 1.75 bits per heavy atom. The number of hydrogen-bond donors (Lipinski definition) is 0. The quantitative estimate of drug-likeness (QED) is 0.444. The van der Waals surface area contributed by atoms with Crippen molar-refractivity contribution in [3.8, 4) is 0 Å². The predicted octanol–water partition coefficient (Wildman–Crippen LogP) is 4.23. The molecule has 3 aromatic rings. The van der Waals surface area contributed by atoms with Crippen molar-refractivity contribution in [2.24, 2.45) is 0 Å². The van der Waals surface area contributed by atoms with Gasteiger partial charge >= 0.3 is 6.18 Å². The number of carbonyl (C=O) groups excluding carboxylic acids is 1.